The lowest BCUT2D eigenvalue weighted by atomic mass is 10.1. The Kier molecular flexibility index (Phi) is 9.84. The topological polar surface area (TPSA) is 67.4 Å². The molecule has 2 amide bonds. The van der Waals surface area contributed by atoms with Gasteiger partial charge in [-0.15, -0.1) is 11.8 Å². The predicted octanol–water partition coefficient (Wildman–Crippen LogP) is 7.97. The third-order valence-corrected chi connectivity index (χ3v) is 7.37. The highest BCUT2D eigenvalue weighted by molar-refractivity contribution is 7.98. The molecule has 5 nitrogen and oxygen atoms in total. The summed E-state index contributed by atoms with van der Waals surface area (Å²) in [6.07, 6.45) is 1.66. The molecule has 0 aliphatic carbocycles. The number of carbonyl (C=O) groups is 2. The predicted molar refractivity (Wildman–Crippen MR) is 170 cm³/mol. The van der Waals surface area contributed by atoms with Gasteiger partial charge in [0.05, 0.1) is 0 Å². The number of hydrogen-bond acceptors (Lipinski definition) is 4. The molecule has 0 heterocycles. The lowest BCUT2D eigenvalue weighted by Crippen LogP contribution is -2.30. The highest BCUT2D eigenvalue weighted by Gasteiger charge is 2.15. The first-order valence-corrected chi connectivity index (χ1v) is 14.5. The van der Waals surface area contributed by atoms with Crippen molar-refractivity contribution in [2.45, 2.75) is 17.3 Å². The van der Waals surface area contributed by atoms with Crippen molar-refractivity contribution in [1.29, 1.82) is 0 Å². The van der Waals surface area contributed by atoms with Crippen molar-refractivity contribution >= 4 is 35.3 Å². The molecule has 208 valence electrons. The Morgan fingerprint density at radius 3 is 2.02 bits per heavy atom. The maximum Gasteiger partial charge on any atom is 0.272 e. The molecule has 6 heteroatoms. The molecule has 0 bridgehead atoms. The van der Waals surface area contributed by atoms with Crippen molar-refractivity contribution in [1.82, 2.24) is 5.32 Å². The van der Waals surface area contributed by atoms with Gasteiger partial charge in [-0.2, -0.15) is 0 Å². The fourth-order valence-corrected chi connectivity index (χ4v) is 5.02. The van der Waals surface area contributed by atoms with Crippen molar-refractivity contribution in [3.63, 3.8) is 0 Å². The first-order valence-electron chi connectivity index (χ1n) is 13.6. The van der Waals surface area contributed by atoms with E-state index in [1.54, 1.807) is 42.1 Å². The summed E-state index contributed by atoms with van der Waals surface area (Å²) < 4.78 is 5.89. The quantitative estimate of drug-likeness (QED) is 0.125. The SMILES string of the molecule is O=C(Nc1cccc(SCc2ccccc2)c1)/C(=C\c1ccc(OCc2ccccc2)cc1)NC(=O)c1ccccc1. The summed E-state index contributed by atoms with van der Waals surface area (Å²) in [4.78, 5) is 27.5. The lowest BCUT2D eigenvalue weighted by molar-refractivity contribution is -0.113. The normalized spacial score (nSPS) is 11.0. The second-order valence-electron chi connectivity index (χ2n) is 9.48. The minimum atomic E-state index is -0.422. The molecular weight excluding hydrogens is 540 g/mol. The van der Waals surface area contributed by atoms with E-state index in [0.717, 1.165) is 21.8 Å². The summed E-state index contributed by atoms with van der Waals surface area (Å²) in [6.45, 7) is 0.458. The number of thioether (sulfide) groups is 1. The van der Waals surface area contributed by atoms with Crippen LogP contribution in [0.3, 0.4) is 0 Å². The molecule has 0 fully saturated rings. The zero-order valence-corrected chi connectivity index (χ0v) is 23.7. The number of ether oxygens (including phenoxy) is 1. The van der Waals surface area contributed by atoms with E-state index in [0.29, 0.717) is 23.6 Å². The standard InChI is InChI=1S/C36H30N2O3S/c39-35(30-15-8-3-9-16-30)38-34(23-27-19-21-32(22-20-27)41-25-28-11-4-1-5-12-28)36(40)37-31-17-10-18-33(24-31)42-26-29-13-6-2-7-14-29/h1-24H,25-26H2,(H,37,40)(H,38,39)/b34-23+. The summed E-state index contributed by atoms with van der Waals surface area (Å²) >= 11 is 1.69. The number of rotatable bonds is 11. The molecule has 0 atom stereocenters. The molecule has 0 radical (unpaired) electrons. The van der Waals surface area contributed by atoms with Gasteiger partial charge in [-0.3, -0.25) is 9.59 Å². The van der Waals surface area contributed by atoms with Crippen molar-refractivity contribution < 1.29 is 14.3 Å². The van der Waals surface area contributed by atoms with E-state index in [9.17, 15) is 9.59 Å². The fraction of sp³-hybridized carbons (Fsp3) is 0.0556. The lowest BCUT2D eigenvalue weighted by Gasteiger charge is -2.12. The van der Waals surface area contributed by atoms with E-state index in [4.69, 9.17) is 4.74 Å². The van der Waals surface area contributed by atoms with Crippen LogP contribution in [0.15, 0.2) is 150 Å². The number of anilines is 1. The van der Waals surface area contributed by atoms with E-state index in [1.807, 2.05) is 103 Å². The highest BCUT2D eigenvalue weighted by atomic mass is 32.2. The molecule has 5 rings (SSSR count). The van der Waals surface area contributed by atoms with Crippen LogP contribution in [0.4, 0.5) is 5.69 Å². The molecule has 5 aromatic carbocycles. The second-order valence-corrected chi connectivity index (χ2v) is 10.5. The molecular formula is C36H30N2O3S. The van der Waals surface area contributed by atoms with Crippen LogP contribution in [0.1, 0.15) is 27.0 Å². The van der Waals surface area contributed by atoms with Gasteiger partial charge in [0.1, 0.15) is 18.1 Å². The Morgan fingerprint density at radius 1 is 0.690 bits per heavy atom. The van der Waals surface area contributed by atoms with Gasteiger partial charge in [-0.25, -0.2) is 0 Å². The molecule has 0 aliphatic rings. The first kappa shape index (κ1) is 28.5. The maximum absolute atomic E-state index is 13.5. The van der Waals surface area contributed by atoms with Crippen LogP contribution in [0.5, 0.6) is 5.75 Å². The van der Waals surface area contributed by atoms with Crippen LogP contribution in [0, 0.1) is 0 Å². The van der Waals surface area contributed by atoms with E-state index >= 15 is 0 Å². The third kappa shape index (κ3) is 8.46. The molecule has 0 aliphatic heterocycles. The largest absolute Gasteiger partial charge is 0.489 e. The molecule has 2 N–H and O–H groups in total. The molecule has 0 aromatic heterocycles. The van der Waals surface area contributed by atoms with Gasteiger partial charge in [-0.1, -0.05) is 97.1 Å². The minimum absolute atomic E-state index is 0.129. The zero-order chi connectivity index (χ0) is 29.0. The number of amides is 2. The van der Waals surface area contributed by atoms with Gasteiger partial charge in [0.15, 0.2) is 0 Å². The van der Waals surface area contributed by atoms with Crippen molar-refractivity contribution in [2.24, 2.45) is 0 Å². The number of hydrogen-bond donors (Lipinski definition) is 2. The van der Waals surface area contributed by atoms with Crippen LogP contribution >= 0.6 is 11.8 Å². The highest BCUT2D eigenvalue weighted by Crippen LogP contribution is 2.25. The molecule has 0 unspecified atom stereocenters. The molecule has 5 aromatic rings. The zero-order valence-electron chi connectivity index (χ0n) is 22.9. The van der Waals surface area contributed by atoms with E-state index in [1.165, 1.54) is 5.56 Å². The minimum Gasteiger partial charge on any atom is -0.489 e. The number of nitrogens with one attached hydrogen (secondary N) is 2. The van der Waals surface area contributed by atoms with Crippen LogP contribution < -0.4 is 15.4 Å². The first-order chi connectivity index (χ1) is 20.6. The summed E-state index contributed by atoms with van der Waals surface area (Å²) in [5.41, 5.74) is 4.27. The van der Waals surface area contributed by atoms with E-state index in [2.05, 4.69) is 22.8 Å². The fourth-order valence-electron chi connectivity index (χ4n) is 4.11. The van der Waals surface area contributed by atoms with Gasteiger partial charge in [-0.05, 0) is 65.2 Å². The average molecular weight is 571 g/mol. The monoisotopic (exact) mass is 570 g/mol. The summed E-state index contributed by atoms with van der Waals surface area (Å²) in [5.74, 6) is 0.739. The second kappa shape index (κ2) is 14.5. The van der Waals surface area contributed by atoms with Gasteiger partial charge in [0.25, 0.3) is 11.8 Å². The Bertz CT molecular complexity index is 1640. The maximum atomic E-state index is 13.5. The van der Waals surface area contributed by atoms with Gasteiger partial charge >= 0.3 is 0 Å². The van der Waals surface area contributed by atoms with Gasteiger partial charge < -0.3 is 15.4 Å². The van der Waals surface area contributed by atoms with Crippen LogP contribution in [-0.2, 0) is 17.2 Å². The van der Waals surface area contributed by atoms with Crippen LogP contribution in [0.2, 0.25) is 0 Å². The number of benzene rings is 5. The van der Waals surface area contributed by atoms with Gasteiger partial charge in [0.2, 0.25) is 0 Å². The van der Waals surface area contributed by atoms with Gasteiger partial charge in [0, 0.05) is 21.9 Å². The van der Waals surface area contributed by atoms with Crippen molar-refractivity contribution in [2.75, 3.05) is 5.32 Å². The molecule has 0 spiro atoms. The van der Waals surface area contributed by atoms with Crippen molar-refractivity contribution in [3.8, 4) is 5.75 Å². The Morgan fingerprint density at radius 2 is 1.33 bits per heavy atom. The summed E-state index contributed by atoms with van der Waals surface area (Å²) in [7, 11) is 0. The molecule has 42 heavy (non-hydrogen) atoms. The van der Waals surface area contributed by atoms with Crippen LogP contribution in [0.25, 0.3) is 6.08 Å². The Balaban J connectivity index is 1.30. The molecule has 0 saturated heterocycles. The Hall–Kier alpha value is -5.07. The summed E-state index contributed by atoms with van der Waals surface area (Å²) in [5, 5.41) is 5.75. The smallest absolute Gasteiger partial charge is 0.272 e. The Labute approximate surface area is 250 Å². The van der Waals surface area contributed by atoms with Crippen molar-refractivity contribution in [3.05, 3.63) is 167 Å². The third-order valence-electron chi connectivity index (χ3n) is 6.31. The summed E-state index contributed by atoms with van der Waals surface area (Å²) in [6, 6.07) is 44.1. The van der Waals surface area contributed by atoms with E-state index in [-0.39, 0.29) is 11.6 Å². The van der Waals surface area contributed by atoms with E-state index < -0.39 is 5.91 Å². The number of carbonyl (C=O) groups excluding carboxylic acids is 2. The average Bonchev–Trinajstić information content (AvgIpc) is 3.04. The van der Waals surface area contributed by atoms with Crippen LogP contribution in [-0.4, -0.2) is 11.8 Å². The molecule has 0 saturated carbocycles.